The molecule has 2 heterocycles. The smallest absolute Gasteiger partial charge is 0.182 e. The molecule has 1 aromatic carbocycles. The van der Waals surface area contributed by atoms with Gasteiger partial charge in [0.1, 0.15) is 0 Å². The Balaban J connectivity index is 2.07. The fraction of sp³-hybridized carbons (Fsp3) is 0.0769. The number of hydrogen-bond donors (Lipinski definition) is 0. The molecule has 0 saturated heterocycles. The lowest BCUT2D eigenvalue weighted by Gasteiger charge is -1.96. The maximum Gasteiger partial charge on any atom is 0.182 e. The van der Waals surface area contributed by atoms with E-state index in [1.165, 1.54) is 5.56 Å². The molecule has 0 aliphatic heterocycles. The van der Waals surface area contributed by atoms with Crippen molar-refractivity contribution >= 4 is 21.6 Å². The summed E-state index contributed by atoms with van der Waals surface area (Å²) < 4.78 is 1.79. The monoisotopic (exact) mass is 287 g/mol. The summed E-state index contributed by atoms with van der Waals surface area (Å²) in [5.41, 5.74) is 3.16. The first-order valence-corrected chi connectivity index (χ1v) is 6.45. The summed E-state index contributed by atoms with van der Waals surface area (Å²) in [6.07, 6.45) is 1.90. The largest absolute Gasteiger partial charge is 0.221 e. The van der Waals surface area contributed by atoms with Gasteiger partial charge < -0.3 is 0 Å². The third-order valence-corrected chi connectivity index (χ3v) is 3.26. The van der Waals surface area contributed by atoms with Gasteiger partial charge in [-0.2, -0.15) is 0 Å². The van der Waals surface area contributed by atoms with Gasteiger partial charge in [0.05, 0.1) is 0 Å². The van der Waals surface area contributed by atoms with Crippen LogP contribution in [0.3, 0.4) is 0 Å². The number of hydrogen-bond acceptors (Lipinski definition) is 2. The highest BCUT2D eigenvalue weighted by atomic mass is 79.9. The van der Waals surface area contributed by atoms with Gasteiger partial charge >= 0.3 is 0 Å². The summed E-state index contributed by atoms with van der Waals surface area (Å²) in [4.78, 5) is 4.48. The van der Waals surface area contributed by atoms with E-state index in [0.29, 0.717) is 0 Å². The molecule has 84 valence electrons. The molecule has 0 fully saturated rings. The number of benzene rings is 1. The molecule has 3 aromatic rings. The third kappa shape index (κ3) is 1.96. The minimum atomic E-state index is 0.761. The highest BCUT2D eigenvalue weighted by Gasteiger charge is 2.05. The van der Waals surface area contributed by atoms with E-state index in [2.05, 4.69) is 38.1 Å². The minimum Gasteiger partial charge on any atom is -0.221 e. The first-order valence-electron chi connectivity index (χ1n) is 5.33. The van der Waals surface area contributed by atoms with E-state index in [4.69, 9.17) is 0 Å². The van der Waals surface area contributed by atoms with Crippen molar-refractivity contribution in [1.82, 2.24) is 14.6 Å². The van der Waals surface area contributed by atoms with Crippen molar-refractivity contribution in [1.29, 1.82) is 0 Å². The predicted molar refractivity (Wildman–Crippen MR) is 71.1 cm³/mol. The average molecular weight is 288 g/mol. The van der Waals surface area contributed by atoms with Crippen LogP contribution in [0, 0.1) is 0 Å². The van der Waals surface area contributed by atoms with E-state index in [1.54, 1.807) is 4.52 Å². The molecule has 0 amide bonds. The van der Waals surface area contributed by atoms with E-state index < -0.39 is 0 Å². The van der Waals surface area contributed by atoms with Crippen LogP contribution in [-0.4, -0.2) is 14.6 Å². The van der Waals surface area contributed by atoms with Gasteiger partial charge in [-0.25, -0.2) is 9.50 Å². The van der Waals surface area contributed by atoms with Crippen molar-refractivity contribution in [3.63, 3.8) is 0 Å². The Labute approximate surface area is 107 Å². The van der Waals surface area contributed by atoms with Gasteiger partial charge in [-0.15, -0.1) is 5.10 Å². The second-order valence-corrected chi connectivity index (χ2v) is 4.33. The van der Waals surface area contributed by atoms with E-state index in [0.717, 1.165) is 22.4 Å². The molecule has 0 radical (unpaired) electrons. The summed E-state index contributed by atoms with van der Waals surface area (Å²) in [5, 5.41) is 5.30. The second-order valence-electron chi connectivity index (χ2n) is 3.77. The summed E-state index contributed by atoms with van der Waals surface area (Å²) in [6, 6.07) is 14.1. The van der Waals surface area contributed by atoms with Crippen LogP contribution >= 0.6 is 15.9 Å². The van der Waals surface area contributed by atoms with E-state index in [9.17, 15) is 0 Å². The molecule has 0 atom stereocenters. The summed E-state index contributed by atoms with van der Waals surface area (Å²) >= 11 is 3.43. The van der Waals surface area contributed by atoms with Crippen molar-refractivity contribution in [2.45, 2.75) is 5.33 Å². The number of nitrogens with zero attached hydrogens (tertiary/aromatic N) is 3. The Morgan fingerprint density at radius 1 is 1.06 bits per heavy atom. The van der Waals surface area contributed by atoms with Crippen LogP contribution in [0.5, 0.6) is 0 Å². The van der Waals surface area contributed by atoms with Gasteiger partial charge in [0.25, 0.3) is 0 Å². The molecule has 0 bridgehead atoms. The number of rotatable bonds is 2. The fourth-order valence-electron chi connectivity index (χ4n) is 1.70. The van der Waals surface area contributed by atoms with Crippen LogP contribution in [0.4, 0.5) is 0 Å². The molecule has 3 nitrogen and oxygen atoms in total. The molecule has 4 heteroatoms. The molecule has 0 saturated carbocycles. The molecular weight excluding hydrogens is 278 g/mol. The molecule has 17 heavy (non-hydrogen) atoms. The molecular formula is C13H10BrN3. The van der Waals surface area contributed by atoms with Gasteiger partial charge in [0.15, 0.2) is 11.5 Å². The fourth-order valence-corrected chi connectivity index (χ4v) is 2.07. The van der Waals surface area contributed by atoms with Crippen molar-refractivity contribution in [3.8, 4) is 11.4 Å². The van der Waals surface area contributed by atoms with Crippen LogP contribution in [0.15, 0.2) is 48.7 Å². The first kappa shape index (κ1) is 10.5. The maximum atomic E-state index is 4.48. The lowest BCUT2D eigenvalue weighted by atomic mass is 10.1. The van der Waals surface area contributed by atoms with E-state index in [-0.39, 0.29) is 0 Å². The summed E-state index contributed by atoms with van der Waals surface area (Å²) in [7, 11) is 0. The van der Waals surface area contributed by atoms with Gasteiger partial charge in [0, 0.05) is 17.1 Å². The zero-order valence-corrected chi connectivity index (χ0v) is 10.6. The lowest BCUT2D eigenvalue weighted by molar-refractivity contribution is 0.966. The van der Waals surface area contributed by atoms with Gasteiger partial charge in [-0.3, -0.25) is 0 Å². The van der Waals surface area contributed by atoms with Crippen LogP contribution in [0.1, 0.15) is 5.56 Å². The minimum absolute atomic E-state index is 0.761. The van der Waals surface area contributed by atoms with Crippen LogP contribution < -0.4 is 0 Å². The van der Waals surface area contributed by atoms with Gasteiger partial charge in [0.2, 0.25) is 0 Å². The zero-order chi connectivity index (χ0) is 11.7. The average Bonchev–Trinajstić information content (AvgIpc) is 2.82. The number of halogens is 1. The van der Waals surface area contributed by atoms with Gasteiger partial charge in [-0.05, 0) is 17.7 Å². The van der Waals surface area contributed by atoms with E-state index in [1.807, 2.05) is 36.5 Å². The van der Waals surface area contributed by atoms with Crippen LogP contribution in [0.2, 0.25) is 0 Å². The Kier molecular flexibility index (Phi) is 2.65. The molecule has 0 N–H and O–H groups in total. The molecule has 0 spiro atoms. The van der Waals surface area contributed by atoms with Gasteiger partial charge in [-0.1, -0.05) is 46.3 Å². The molecule has 3 rings (SSSR count). The SMILES string of the molecule is BrCc1ccc(-c2nc3ccccn3n2)cc1. The summed E-state index contributed by atoms with van der Waals surface area (Å²) in [6.45, 7) is 0. The highest BCUT2D eigenvalue weighted by molar-refractivity contribution is 9.08. The van der Waals surface area contributed by atoms with Crippen LogP contribution in [-0.2, 0) is 5.33 Å². The number of aromatic nitrogens is 3. The molecule has 2 aromatic heterocycles. The zero-order valence-electron chi connectivity index (χ0n) is 9.05. The quantitative estimate of drug-likeness (QED) is 0.677. The number of pyridine rings is 1. The van der Waals surface area contributed by atoms with Crippen molar-refractivity contribution in [2.24, 2.45) is 0 Å². The molecule has 0 aliphatic carbocycles. The molecule has 0 unspecified atom stereocenters. The second kappa shape index (κ2) is 4.30. The predicted octanol–water partition coefficient (Wildman–Crippen LogP) is 3.29. The Bertz CT molecular complexity index is 610. The summed E-state index contributed by atoms with van der Waals surface area (Å²) in [5.74, 6) is 0.761. The molecule has 0 aliphatic rings. The van der Waals surface area contributed by atoms with Crippen LogP contribution in [0.25, 0.3) is 17.0 Å². The topological polar surface area (TPSA) is 30.2 Å². The first-order chi connectivity index (χ1) is 8.36. The Morgan fingerprint density at radius 3 is 2.59 bits per heavy atom. The highest BCUT2D eigenvalue weighted by Crippen LogP contribution is 2.17. The van der Waals surface area contributed by atoms with Crippen molar-refractivity contribution < 1.29 is 0 Å². The standard InChI is InChI=1S/C13H10BrN3/c14-9-10-4-6-11(7-5-10)13-15-12-3-1-2-8-17(12)16-13/h1-8H,9H2. The Morgan fingerprint density at radius 2 is 1.88 bits per heavy atom. The van der Waals surface area contributed by atoms with Crippen molar-refractivity contribution in [2.75, 3.05) is 0 Å². The normalized spacial score (nSPS) is 10.9. The number of fused-ring (bicyclic) bond motifs is 1. The maximum absolute atomic E-state index is 4.48. The van der Waals surface area contributed by atoms with E-state index >= 15 is 0 Å². The van der Waals surface area contributed by atoms with Crippen molar-refractivity contribution in [3.05, 3.63) is 54.2 Å². The lowest BCUT2D eigenvalue weighted by Crippen LogP contribution is -1.85. The Hall–Kier alpha value is -1.68. The third-order valence-electron chi connectivity index (χ3n) is 2.61. The number of alkyl halides is 1.